The maximum Gasteiger partial charge on any atom is 0.433 e. The topological polar surface area (TPSA) is 69.6 Å². The van der Waals surface area contributed by atoms with Crippen LogP contribution in [0.5, 0.6) is 5.75 Å². The molecule has 1 heterocycles. The molecule has 1 unspecified atom stereocenters. The van der Waals surface area contributed by atoms with Crippen LogP contribution in [-0.4, -0.2) is 30.1 Å². The molecule has 174 valence electrons. The van der Waals surface area contributed by atoms with Crippen LogP contribution in [-0.2, 0) is 6.18 Å². The number of halogens is 4. The molecular formula is C24H22F4N3O2-. The van der Waals surface area contributed by atoms with Crippen molar-refractivity contribution >= 4 is 22.5 Å². The Morgan fingerprint density at radius 3 is 2.58 bits per heavy atom. The molecule has 1 saturated carbocycles. The molecule has 3 aromatic rings. The van der Waals surface area contributed by atoms with Gasteiger partial charge < -0.3 is 15.2 Å². The Bertz CT molecular complexity index is 1160. The SMILES string of the molecule is COc1ccc(C([O-])=NC2CCC[C@@H](Nc3cc(C(F)(F)F)nc4ccc(F)cc34)C2)cc1. The predicted octanol–water partition coefficient (Wildman–Crippen LogP) is 4.93. The number of alkyl halides is 3. The molecule has 4 rings (SSSR count). The number of rotatable bonds is 5. The highest BCUT2D eigenvalue weighted by atomic mass is 19.4. The predicted molar refractivity (Wildman–Crippen MR) is 116 cm³/mol. The van der Waals surface area contributed by atoms with Gasteiger partial charge in [0, 0.05) is 17.1 Å². The van der Waals surface area contributed by atoms with E-state index >= 15 is 0 Å². The normalized spacial score (nSPS) is 19.5. The molecule has 1 fully saturated rings. The first-order chi connectivity index (χ1) is 15.7. The van der Waals surface area contributed by atoms with Crippen molar-refractivity contribution in [1.29, 1.82) is 0 Å². The summed E-state index contributed by atoms with van der Waals surface area (Å²) >= 11 is 0. The van der Waals surface area contributed by atoms with Gasteiger partial charge in [0.15, 0.2) is 0 Å². The Labute approximate surface area is 188 Å². The highest BCUT2D eigenvalue weighted by Crippen LogP contribution is 2.35. The summed E-state index contributed by atoms with van der Waals surface area (Å²) in [6.45, 7) is 0. The van der Waals surface area contributed by atoms with Gasteiger partial charge in [-0.05, 0) is 73.5 Å². The van der Waals surface area contributed by atoms with Gasteiger partial charge >= 0.3 is 6.18 Å². The number of nitrogens with zero attached hydrogens (tertiary/aromatic N) is 2. The molecule has 2 aromatic carbocycles. The number of hydrogen-bond donors (Lipinski definition) is 1. The Morgan fingerprint density at radius 2 is 1.88 bits per heavy atom. The van der Waals surface area contributed by atoms with Crippen molar-refractivity contribution in [2.45, 2.75) is 43.9 Å². The first-order valence-corrected chi connectivity index (χ1v) is 10.6. The molecular weight excluding hydrogens is 438 g/mol. The third-order valence-corrected chi connectivity index (χ3v) is 5.70. The number of aliphatic imine (C=N–C) groups is 1. The molecule has 0 spiro atoms. The van der Waals surface area contributed by atoms with E-state index in [9.17, 15) is 22.7 Å². The van der Waals surface area contributed by atoms with Crippen molar-refractivity contribution in [3.05, 3.63) is 65.6 Å². The van der Waals surface area contributed by atoms with Gasteiger partial charge in [-0.3, -0.25) is 4.99 Å². The lowest BCUT2D eigenvalue weighted by Gasteiger charge is -2.30. The number of hydrogen-bond acceptors (Lipinski definition) is 5. The van der Waals surface area contributed by atoms with E-state index in [1.54, 1.807) is 24.3 Å². The van der Waals surface area contributed by atoms with Crippen LogP contribution in [0, 0.1) is 5.82 Å². The van der Waals surface area contributed by atoms with E-state index < -0.39 is 17.7 Å². The zero-order valence-corrected chi connectivity index (χ0v) is 17.8. The number of pyridine rings is 1. The van der Waals surface area contributed by atoms with Crippen molar-refractivity contribution in [3.63, 3.8) is 0 Å². The number of nitrogens with one attached hydrogen (secondary N) is 1. The Kier molecular flexibility index (Phi) is 6.40. The minimum absolute atomic E-state index is 0.0560. The number of fused-ring (bicyclic) bond motifs is 1. The fraction of sp³-hybridized carbons (Fsp3) is 0.333. The van der Waals surface area contributed by atoms with E-state index in [0.29, 0.717) is 30.6 Å². The second-order valence-corrected chi connectivity index (χ2v) is 8.04. The number of aromatic nitrogens is 1. The third-order valence-electron chi connectivity index (χ3n) is 5.70. The van der Waals surface area contributed by atoms with Crippen LogP contribution in [0.1, 0.15) is 36.9 Å². The van der Waals surface area contributed by atoms with Crippen LogP contribution in [0.15, 0.2) is 53.5 Å². The summed E-state index contributed by atoms with van der Waals surface area (Å²) < 4.78 is 58.9. The summed E-state index contributed by atoms with van der Waals surface area (Å²) in [7, 11) is 1.54. The minimum Gasteiger partial charge on any atom is -0.858 e. The molecule has 1 aliphatic rings. The quantitative estimate of drug-likeness (QED) is 0.333. The second-order valence-electron chi connectivity index (χ2n) is 8.04. The van der Waals surface area contributed by atoms with Gasteiger partial charge in [-0.2, -0.15) is 13.2 Å². The van der Waals surface area contributed by atoms with E-state index in [4.69, 9.17) is 4.74 Å². The van der Waals surface area contributed by atoms with Crippen molar-refractivity contribution in [2.75, 3.05) is 12.4 Å². The van der Waals surface area contributed by atoms with Gasteiger partial charge in [0.2, 0.25) is 0 Å². The highest BCUT2D eigenvalue weighted by Gasteiger charge is 2.34. The van der Waals surface area contributed by atoms with Crippen molar-refractivity contribution in [1.82, 2.24) is 4.98 Å². The molecule has 5 nitrogen and oxygen atoms in total. The molecule has 9 heteroatoms. The first kappa shape index (κ1) is 22.8. The summed E-state index contributed by atoms with van der Waals surface area (Å²) in [4.78, 5) is 7.95. The minimum atomic E-state index is -4.63. The van der Waals surface area contributed by atoms with Gasteiger partial charge in [-0.25, -0.2) is 9.37 Å². The average molecular weight is 460 g/mol. The van der Waals surface area contributed by atoms with Crippen LogP contribution in [0.3, 0.4) is 0 Å². The Hall–Kier alpha value is -3.36. The Morgan fingerprint density at radius 1 is 1.12 bits per heavy atom. The number of benzene rings is 2. The monoisotopic (exact) mass is 460 g/mol. The molecule has 2 atom stereocenters. The van der Waals surface area contributed by atoms with Crippen molar-refractivity contribution in [2.24, 2.45) is 4.99 Å². The second kappa shape index (κ2) is 9.25. The lowest BCUT2D eigenvalue weighted by atomic mass is 9.91. The zero-order chi connectivity index (χ0) is 23.6. The maximum absolute atomic E-state index is 13.8. The third kappa shape index (κ3) is 5.35. The van der Waals surface area contributed by atoms with Crippen molar-refractivity contribution in [3.8, 4) is 5.75 Å². The molecule has 33 heavy (non-hydrogen) atoms. The van der Waals surface area contributed by atoms with Crippen molar-refractivity contribution < 1.29 is 27.4 Å². The lowest BCUT2D eigenvalue weighted by Crippen LogP contribution is -2.31. The van der Waals surface area contributed by atoms with Gasteiger partial charge in [0.1, 0.15) is 17.3 Å². The summed E-state index contributed by atoms with van der Waals surface area (Å²) in [5.41, 5.74) is -0.383. The number of ether oxygens (including phenoxy) is 1. The van der Waals surface area contributed by atoms with E-state index in [1.807, 2.05) is 0 Å². The summed E-state index contributed by atoms with van der Waals surface area (Å²) in [6, 6.07) is 10.5. The van der Waals surface area contributed by atoms with E-state index in [2.05, 4.69) is 15.3 Å². The largest absolute Gasteiger partial charge is 0.858 e. The lowest BCUT2D eigenvalue weighted by molar-refractivity contribution is -0.213. The summed E-state index contributed by atoms with van der Waals surface area (Å²) in [5.74, 6) is -0.277. The van der Waals surface area contributed by atoms with E-state index in [1.165, 1.54) is 19.2 Å². The van der Waals surface area contributed by atoms with Crippen LogP contribution in [0.25, 0.3) is 10.9 Å². The highest BCUT2D eigenvalue weighted by molar-refractivity contribution is 5.92. The van der Waals surface area contributed by atoms with E-state index in [0.717, 1.165) is 18.6 Å². The van der Waals surface area contributed by atoms with Gasteiger partial charge in [0.25, 0.3) is 0 Å². The summed E-state index contributed by atoms with van der Waals surface area (Å²) in [5, 5.41) is 15.9. The first-order valence-electron chi connectivity index (χ1n) is 10.6. The molecule has 1 aromatic heterocycles. The molecule has 0 radical (unpaired) electrons. The number of methoxy groups -OCH3 is 1. The summed E-state index contributed by atoms with van der Waals surface area (Å²) in [6.07, 6.45) is -2.00. The molecule has 0 amide bonds. The standard InChI is InChI=1S/C24H23F4N3O2/c1-33-18-8-5-14(6-9-18)23(32)30-17-4-2-3-16(12-17)29-21-13-22(24(26,27)28)31-20-10-7-15(25)11-19(20)21/h5-11,13,16-17H,2-4,12H2,1H3,(H,29,31)(H,30,32)/p-1/t16-,17?/m1/s1. The molecule has 1 N–H and O–H groups in total. The zero-order valence-electron chi connectivity index (χ0n) is 17.8. The van der Waals surface area contributed by atoms with Crippen LogP contribution in [0.4, 0.5) is 23.2 Å². The van der Waals surface area contributed by atoms with Gasteiger partial charge in [-0.1, -0.05) is 12.1 Å². The van der Waals surface area contributed by atoms with Gasteiger partial charge in [0.05, 0.1) is 18.7 Å². The van der Waals surface area contributed by atoms with Crippen LogP contribution >= 0.6 is 0 Å². The Balaban J connectivity index is 1.56. The van der Waals surface area contributed by atoms with E-state index in [-0.39, 0.29) is 34.6 Å². The maximum atomic E-state index is 13.8. The molecule has 1 aliphatic carbocycles. The molecule has 0 saturated heterocycles. The molecule has 0 aliphatic heterocycles. The van der Waals surface area contributed by atoms with Crippen LogP contribution in [0.2, 0.25) is 0 Å². The molecule has 0 bridgehead atoms. The average Bonchev–Trinajstić information content (AvgIpc) is 2.79. The smallest absolute Gasteiger partial charge is 0.433 e. The van der Waals surface area contributed by atoms with Gasteiger partial charge in [-0.15, -0.1) is 0 Å². The fourth-order valence-corrected chi connectivity index (χ4v) is 4.07. The van der Waals surface area contributed by atoms with Crippen LogP contribution < -0.4 is 15.2 Å². The fourth-order valence-electron chi connectivity index (χ4n) is 4.07. The number of anilines is 1.